The van der Waals surface area contributed by atoms with E-state index in [1.165, 1.54) is 24.2 Å². The van der Waals surface area contributed by atoms with Crippen molar-refractivity contribution in [2.45, 2.75) is 31.7 Å². The molecule has 26 heavy (non-hydrogen) atoms. The SMILES string of the molecule is COCCNC(=O)C(C1CCCC1)N1CCN(C(=O)c2cccs2)CC1. The predicted octanol–water partition coefficient (Wildman–Crippen LogP) is 1.83. The summed E-state index contributed by atoms with van der Waals surface area (Å²) >= 11 is 1.49. The molecule has 1 N–H and O–H groups in total. The molecule has 1 saturated heterocycles. The molecule has 1 aliphatic carbocycles. The van der Waals surface area contributed by atoms with E-state index >= 15 is 0 Å². The summed E-state index contributed by atoms with van der Waals surface area (Å²) in [5.74, 6) is 0.658. The molecule has 1 unspecified atom stereocenters. The molecule has 1 saturated carbocycles. The Hall–Kier alpha value is -1.44. The van der Waals surface area contributed by atoms with E-state index in [4.69, 9.17) is 4.74 Å². The lowest BCUT2D eigenvalue weighted by molar-refractivity contribution is -0.129. The molecule has 2 amide bonds. The minimum Gasteiger partial charge on any atom is -0.383 e. The normalized spacial score (nSPS) is 20.3. The Balaban J connectivity index is 1.59. The summed E-state index contributed by atoms with van der Waals surface area (Å²) in [6.45, 7) is 3.98. The molecule has 6 nitrogen and oxygen atoms in total. The second-order valence-corrected chi connectivity index (χ2v) is 8.03. The molecule has 2 aliphatic rings. The average Bonchev–Trinajstić information content (AvgIpc) is 3.36. The molecule has 0 aromatic carbocycles. The number of carbonyl (C=O) groups excluding carboxylic acids is 2. The van der Waals surface area contributed by atoms with Crippen LogP contribution in [-0.2, 0) is 9.53 Å². The van der Waals surface area contributed by atoms with Crippen LogP contribution in [0.3, 0.4) is 0 Å². The maximum atomic E-state index is 12.8. The van der Waals surface area contributed by atoms with Gasteiger partial charge in [-0.05, 0) is 30.2 Å². The second kappa shape index (κ2) is 9.48. The number of rotatable bonds is 7. The highest BCUT2D eigenvalue weighted by Gasteiger charge is 2.37. The molecule has 0 bridgehead atoms. The Morgan fingerprint density at radius 3 is 2.62 bits per heavy atom. The second-order valence-electron chi connectivity index (χ2n) is 7.08. The Morgan fingerprint density at radius 2 is 2.00 bits per heavy atom. The molecule has 1 aromatic heterocycles. The van der Waals surface area contributed by atoms with E-state index in [0.29, 0.717) is 32.2 Å². The van der Waals surface area contributed by atoms with Gasteiger partial charge in [-0.2, -0.15) is 0 Å². The summed E-state index contributed by atoms with van der Waals surface area (Å²) in [7, 11) is 1.64. The van der Waals surface area contributed by atoms with E-state index in [2.05, 4.69) is 10.2 Å². The van der Waals surface area contributed by atoms with Crippen LogP contribution in [0.15, 0.2) is 17.5 Å². The highest BCUT2D eigenvalue weighted by atomic mass is 32.1. The number of thiophene rings is 1. The number of carbonyl (C=O) groups is 2. The maximum Gasteiger partial charge on any atom is 0.264 e. The van der Waals surface area contributed by atoms with Gasteiger partial charge in [0.1, 0.15) is 0 Å². The third-order valence-electron chi connectivity index (χ3n) is 5.45. The molecule has 2 fully saturated rings. The number of hydrogen-bond acceptors (Lipinski definition) is 5. The van der Waals surface area contributed by atoms with Gasteiger partial charge < -0.3 is 15.0 Å². The van der Waals surface area contributed by atoms with Gasteiger partial charge in [0.05, 0.1) is 17.5 Å². The van der Waals surface area contributed by atoms with Crippen molar-refractivity contribution >= 4 is 23.2 Å². The van der Waals surface area contributed by atoms with Crippen molar-refractivity contribution in [2.24, 2.45) is 5.92 Å². The van der Waals surface area contributed by atoms with Crippen LogP contribution in [0, 0.1) is 5.92 Å². The van der Waals surface area contributed by atoms with E-state index in [1.807, 2.05) is 22.4 Å². The predicted molar refractivity (Wildman–Crippen MR) is 102 cm³/mol. The molecule has 2 heterocycles. The van der Waals surface area contributed by atoms with Gasteiger partial charge in [0.15, 0.2) is 0 Å². The summed E-state index contributed by atoms with van der Waals surface area (Å²) in [6.07, 6.45) is 4.67. The molecule has 7 heteroatoms. The zero-order chi connectivity index (χ0) is 18.4. The van der Waals surface area contributed by atoms with Crippen LogP contribution < -0.4 is 5.32 Å². The molecule has 1 atom stereocenters. The molecule has 0 radical (unpaired) electrons. The van der Waals surface area contributed by atoms with Gasteiger partial charge in [0.2, 0.25) is 5.91 Å². The molecule has 0 spiro atoms. The Kier molecular flexibility index (Phi) is 7.05. The first-order chi connectivity index (χ1) is 12.7. The molecule has 1 aromatic rings. The smallest absolute Gasteiger partial charge is 0.264 e. The number of nitrogens with zero attached hydrogens (tertiary/aromatic N) is 2. The summed E-state index contributed by atoms with van der Waals surface area (Å²) in [5.41, 5.74) is 0. The van der Waals surface area contributed by atoms with Gasteiger partial charge in [-0.25, -0.2) is 0 Å². The maximum absolute atomic E-state index is 12.8. The van der Waals surface area contributed by atoms with Gasteiger partial charge in [0.25, 0.3) is 5.91 Å². The van der Waals surface area contributed by atoms with Gasteiger partial charge in [0, 0.05) is 39.8 Å². The van der Waals surface area contributed by atoms with Gasteiger partial charge in [-0.15, -0.1) is 11.3 Å². The van der Waals surface area contributed by atoms with Crippen molar-refractivity contribution in [3.05, 3.63) is 22.4 Å². The van der Waals surface area contributed by atoms with Crippen molar-refractivity contribution < 1.29 is 14.3 Å². The van der Waals surface area contributed by atoms with Crippen LogP contribution >= 0.6 is 11.3 Å². The third kappa shape index (κ3) is 4.64. The number of piperazine rings is 1. The molecule has 144 valence electrons. The van der Waals surface area contributed by atoms with E-state index in [9.17, 15) is 9.59 Å². The minimum atomic E-state index is -0.0756. The highest BCUT2D eigenvalue weighted by molar-refractivity contribution is 7.12. The number of nitrogens with one attached hydrogen (secondary N) is 1. The fourth-order valence-corrected chi connectivity index (χ4v) is 4.78. The van der Waals surface area contributed by atoms with Crippen molar-refractivity contribution in [3.63, 3.8) is 0 Å². The zero-order valence-corrected chi connectivity index (χ0v) is 16.3. The first-order valence-electron chi connectivity index (χ1n) is 9.54. The Morgan fingerprint density at radius 1 is 1.27 bits per heavy atom. The first-order valence-corrected chi connectivity index (χ1v) is 10.4. The quantitative estimate of drug-likeness (QED) is 0.734. The topological polar surface area (TPSA) is 61.9 Å². The average molecular weight is 380 g/mol. The fourth-order valence-electron chi connectivity index (χ4n) is 4.09. The monoisotopic (exact) mass is 379 g/mol. The minimum absolute atomic E-state index is 0.0756. The lowest BCUT2D eigenvalue weighted by atomic mass is 9.95. The van der Waals surface area contributed by atoms with Crippen LogP contribution in [0.1, 0.15) is 35.4 Å². The van der Waals surface area contributed by atoms with Crippen molar-refractivity contribution in [2.75, 3.05) is 46.4 Å². The van der Waals surface area contributed by atoms with Crippen LogP contribution in [0.4, 0.5) is 0 Å². The Labute approximate surface area is 159 Å². The standard InChI is InChI=1S/C19H29N3O3S/c1-25-13-8-20-18(23)17(15-5-2-3-6-15)21-9-11-22(12-10-21)19(24)16-7-4-14-26-16/h4,7,14-15,17H,2-3,5-6,8-13H2,1H3,(H,20,23). The molecule has 1 aliphatic heterocycles. The summed E-state index contributed by atoms with van der Waals surface area (Å²) in [5, 5.41) is 4.96. The van der Waals surface area contributed by atoms with Crippen molar-refractivity contribution in [3.8, 4) is 0 Å². The number of hydrogen-bond donors (Lipinski definition) is 1. The van der Waals surface area contributed by atoms with Crippen LogP contribution in [0.5, 0.6) is 0 Å². The van der Waals surface area contributed by atoms with Gasteiger partial charge in [-0.3, -0.25) is 14.5 Å². The largest absolute Gasteiger partial charge is 0.383 e. The summed E-state index contributed by atoms with van der Waals surface area (Å²) < 4.78 is 5.05. The highest BCUT2D eigenvalue weighted by Crippen LogP contribution is 2.31. The molecular formula is C19H29N3O3S. The van der Waals surface area contributed by atoms with E-state index < -0.39 is 0 Å². The van der Waals surface area contributed by atoms with Gasteiger partial charge >= 0.3 is 0 Å². The number of ether oxygens (including phenoxy) is 1. The van der Waals surface area contributed by atoms with Crippen molar-refractivity contribution in [1.82, 2.24) is 15.1 Å². The van der Waals surface area contributed by atoms with E-state index in [1.54, 1.807) is 7.11 Å². The third-order valence-corrected chi connectivity index (χ3v) is 6.31. The first kappa shape index (κ1) is 19.3. The van der Waals surface area contributed by atoms with Gasteiger partial charge in [-0.1, -0.05) is 18.9 Å². The van der Waals surface area contributed by atoms with Crippen LogP contribution in [0.2, 0.25) is 0 Å². The lowest BCUT2D eigenvalue weighted by Gasteiger charge is -2.40. The lowest BCUT2D eigenvalue weighted by Crippen LogP contribution is -2.58. The van der Waals surface area contributed by atoms with E-state index in [-0.39, 0.29) is 17.9 Å². The van der Waals surface area contributed by atoms with Crippen LogP contribution in [0.25, 0.3) is 0 Å². The number of amides is 2. The van der Waals surface area contributed by atoms with Crippen molar-refractivity contribution in [1.29, 1.82) is 0 Å². The summed E-state index contributed by atoms with van der Waals surface area (Å²) in [4.78, 5) is 30.3. The number of methoxy groups -OCH3 is 1. The summed E-state index contributed by atoms with van der Waals surface area (Å²) in [6, 6.07) is 3.71. The molecular weight excluding hydrogens is 350 g/mol. The zero-order valence-electron chi connectivity index (χ0n) is 15.5. The van der Waals surface area contributed by atoms with Crippen LogP contribution in [-0.4, -0.2) is 74.1 Å². The van der Waals surface area contributed by atoms with E-state index in [0.717, 1.165) is 30.8 Å². The molecule has 3 rings (SSSR count). The Bertz CT molecular complexity index is 579. The fraction of sp³-hybridized carbons (Fsp3) is 0.684.